The first-order valence-electron chi connectivity index (χ1n) is 3.94. The highest BCUT2D eigenvalue weighted by atomic mass is 79.9. The second-order valence-electron chi connectivity index (χ2n) is 3.16. The van der Waals surface area contributed by atoms with E-state index < -0.39 is 18.0 Å². The molecule has 2 nitrogen and oxygen atoms in total. The van der Waals surface area contributed by atoms with Crippen molar-refractivity contribution in [1.29, 1.82) is 0 Å². The summed E-state index contributed by atoms with van der Waals surface area (Å²) in [6.07, 6.45) is -1.45. The van der Waals surface area contributed by atoms with Crippen molar-refractivity contribution < 1.29 is 14.6 Å². The maximum atomic E-state index is 13.3. The molecule has 0 saturated heterocycles. The van der Waals surface area contributed by atoms with E-state index in [0.717, 1.165) is 0 Å². The zero-order chi connectivity index (χ0) is 9.59. The first-order valence-corrected chi connectivity index (χ1v) is 4.74. The average molecular weight is 247 g/mol. The largest absolute Gasteiger partial charge is 0.388 e. The van der Waals surface area contributed by atoms with Gasteiger partial charge in [-0.2, -0.15) is 0 Å². The molecule has 0 amide bonds. The molecule has 1 aliphatic carbocycles. The summed E-state index contributed by atoms with van der Waals surface area (Å²) < 4.78 is 13.9. The molecule has 4 heteroatoms. The summed E-state index contributed by atoms with van der Waals surface area (Å²) in [5.41, 5.74) is 0.718. The summed E-state index contributed by atoms with van der Waals surface area (Å²) in [7, 11) is 0. The summed E-state index contributed by atoms with van der Waals surface area (Å²) >= 11 is 3.13. The fourth-order valence-electron chi connectivity index (χ4n) is 1.69. The van der Waals surface area contributed by atoms with Crippen molar-refractivity contribution in [1.82, 2.24) is 0 Å². The Morgan fingerprint density at radius 1 is 1.31 bits per heavy atom. The number of aliphatic hydroxyl groups excluding tert-OH is 2. The molecule has 1 aromatic carbocycles. The third-order valence-electron chi connectivity index (χ3n) is 2.27. The number of halogens is 2. The molecule has 0 fully saturated rings. The smallest absolute Gasteiger partial charge is 0.130 e. The molecule has 2 N–H and O–H groups in total. The Hall–Kier alpha value is -0.450. The lowest BCUT2D eigenvalue weighted by Gasteiger charge is -2.05. The van der Waals surface area contributed by atoms with Crippen molar-refractivity contribution in [3.8, 4) is 0 Å². The third kappa shape index (κ3) is 1.39. The van der Waals surface area contributed by atoms with Gasteiger partial charge >= 0.3 is 0 Å². The van der Waals surface area contributed by atoms with Crippen LogP contribution in [0.15, 0.2) is 16.6 Å². The lowest BCUT2D eigenvalue weighted by atomic mass is 10.1. The van der Waals surface area contributed by atoms with Gasteiger partial charge in [0.25, 0.3) is 0 Å². The van der Waals surface area contributed by atoms with Gasteiger partial charge in [-0.05, 0) is 17.7 Å². The van der Waals surface area contributed by atoms with Crippen molar-refractivity contribution >= 4 is 15.9 Å². The summed E-state index contributed by atoms with van der Waals surface area (Å²) in [5, 5.41) is 18.9. The van der Waals surface area contributed by atoms with Gasteiger partial charge in [0.2, 0.25) is 0 Å². The topological polar surface area (TPSA) is 40.5 Å². The second kappa shape index (κ2) is 3.04. The predicted octanol–water partition coefficient (Wildman–Crippen LogP) is 2.06. The van der Waals surface area contributed by atoms with Crippen molar-refractivity contribution in [3.05, 3.63) is 33.5 Å². The van der Waals surface area contributed by atoms with Crippen LogP contribution in [0.25, 0.3) is 0 Å². The molecule has 0 spiro atoms. The molecule has 1 aliphatic rings. The molecule has 70 valence electrons. The van der Waals surface area contributed by atoms with E-state index in [1.807, 2.05) is 0 Å². The normalized spacial score (nSPS) is 26.2. The van der Waals surface area contributed by atoms with E-state index >= 15 is 0 Å². The molecular formula is C9H8BrFO2. The number of benzene rings is 1. The first kappa shape index (κ1) is 9.12. The molecule has 0 saturated carbocycles. The SMILES string of the molecule is OC1CC(O)c2c(F)cc(Br)cc21. The second-order valence-corrected chi connectivity index (χ2v) is 4.07. The van der Waals surface area contributed by atoms with E-state index in [0.29, 0.717) is 10.0 Å². The number of fused-ring (bicyclic) bond motifs is 1. The van der Waals surface area contributed by atoms with E-state index in [1.165, 1.54) is 6.07 Å². The third-order valence-corrected chi connectivity index (χ3v) is 2.72. The summed E-state index contributed by atoms with van der Waals surface area (Å²) in [5.74, 6) is -0.464. The molecule has 2 atom stereocenters. The van der Waals surface area contributed by atoms with Crippen LogP contribution in [0.4, 0.5) is 4.39 Å². The van der Waals surface area contributed by atoms with Crippen LogP contribution in [0, 0.1) is 5.82 Å². The fourth-order valence-corrected chi connectivity index (χ4v) is 2.14. The van der Waals surface area contributed by atoms with Crippen LogP contribution in [0.3, 0.4) is 0 Å². The molecule has 1 aromatic rings. The lowest BCUT2D eigenvalue weighted by molar-refractivity contribution is 0.106. The molecule has 0 aromatic heterocycles. The molecule has 2 unspecified atom stereocenters. The van der Waals surface area contributed by atoms with Crippen LogP contribution >= 0.6 is 15.9 Å². The van der Waals surface area contributed by atoms with E-state index in [2.05, 4.69) is 15.9 Å². The number of rotatable bonds is 0. The van der Waals surface area contributed by atoms with E-state index in [-0.39, 0.29) is 12.0 Å². The maximum Gasteiger partial charge on any atom is 0.130 e. The minimum absolute atomic E-state index is 0.183. The van der Waals surface area contributed by atoms with Crippen molar-refractivity contribution in [3.63, 3.8) is 0 Å². The monoisotopic (exact) mass is 246 g/mol. The van der Waals surface area contributed by atoms with E-state index in [1.54, 1.807) is 6.07 Å². The molecular weight excluding hydrogens is 239 g/mol. The van der Waals surface area contributed by atoms with Gasteiger partial charge < -0.3 is 10.2 Å². The van der Waals surface area contributed by atoms with Crippen LogP contribution in [-0.2, 0) is 0 Å². The number of aliphatic hydroxyl groups is 2. The van der Waals surface area contributed by atoms with Crippen LogP contribution in [0.5, 0.6) is 0 Å². The Morgan fingerprint density at radius 2 is 2.00 bits per heavy atom. The van der Waals surface area contributed by atoms with E-state index in [4.69, 9.17) is 0 Å². The van der Waals surface area contributed by atoms with Crippen LogP contribution in [0.2, 0.25) is 0 Å². The Labute approximate surface area is 83.1 Å². The van der Waals surface area contributed by atoms with Crippen molar-refractivity contribution in [2.45, 2.75) is 18.6 Å². The highest BCUT2D eigenvalue weighted by molar-refractivity contribution is 9.10. The minimum Gasteiger partial charge on any atom is -0.388 e. The first-order chi connectivity index (χ1) is 6.09. The molecule has 13 heavy (non-hydrogen) atoms. The molecule has 2 rings (SSSR count). The summed E-state index contributed by atoms with van der Waals surface area (Å²) in [4.78, 5) is 0. The molecule has 0 heterocycles. The van der Waals surface area contributed by atoms with Gasteiger partial charge in [0.1, 0.15) is 5.82 Å². The minimum atomic E-state index is -0.877. The van der Waals surface area contributed by atoms with Crippen molar-refractivity contribution in [2.24, 2.45) is 0 Å². The summed E-state index contributed by atoms with van der Waals surface area (Å²) in [6, 6.07) is 2.93. The lowest BCUT2D eigenvalue weighted by Crippen LogP contribution is -1.95. The molecule has 0 bridgehead atoms. The average Bonchev–Trinajstić information content (AvgIpc) is 2.27. The highest BCUT2D eigenvalue weighted by Gasteiger charge is 2.31. The fraction of sp³-hybridized carbons (Fsp3) is 0.333. The standard InChI is InChI=1S/C9H8BrFO2/c10-4-1-5-7(12)3-8(13)9(5)6(11)2-4/h1-2,7-8,12-13H,3H2. The Morgan fingerprint density at radius 3 is 2.69 bits per heavy atom. The van der Waals surface area contributed by atoms with Gasteiger partial charge in [0.05, 0.1) is 12.2 Å². The predicted molar refractivity (Wildman–Crippen MR) is 48.6 cm³/mol. The molecule has 0 aliphatic heterocycles. The van der Waals surface area contributed by atoms with Gasteiger partial charge in [-0.1, -0.05) is 15.9 Å². The Balaban J connectivity index is 2.63. The zero-order valence-electron chi connectivity index (χ0n) is 6.67. The van der Waals surface area contributed by atoms with Crippen LogP contribution in [-0.4, -0.2) is 10.2 Å². The summed E-state index contributed by atoms with van der Waals surface area (Å²) in [6.45, 7) is 0. The van der Waals surface area contributed by atoms with Crippen LogP contribution in [0.1, 0.15) is 29.8 Å². The molecule has 0 radical (unpaired) electrons. The number of hydrogen-bond acceptors (Lipinski definition) is 2. The van der Waals surface area contributed by atoms with Gasteiger partial charge in [0, 0.05) is 16.5 Å². The van der Waals surface area contributed by atoms with Gasteiger partial charge in [-0.3, -0.25) is 0 Å². The van der Waals surface area contributed by atoms with Gasteiger partial charge in [0.15, 0.2) is 0 Å². The Kier molecular flexibility index (Phi) is 2.14. The number of hydrogen-bond donors (Lipinski definition) is 2. The van der Waals surface area contributed by atoms with E-state index in [9.17, 15) is 14.6 Å². The Bertz CT molecular complexity index is 354. The van der Waals surface area contributed by atoms with Gasteiger partial charge in [-0.15, -0.1) is 0 Å². The van der Waals surface area contributed by atoms with Crippen molar-refractivity contribution in [2.75, 3.05) is 0 Å². The zero-order valence-corrected chi connectivity index (χ0v) is 8.25. The quantitative estimate of drug-likeness (QED) is 0.736. The van der Waals surface area contributed by atoms with Crippen LogP contribution < -0.4 is 0 Å². The maximum absolute atomic E-state index is 13.3. The highest BCUT2D eigenvalue weighted by Crippen LogP contribution is 2.41. The van der Waals surface area contributed by atoms with Gasteiger partial charge in [-0.25, -0.2) is 4.39 Å².